The van der Waals surface area contributed by atoms with Gasteiger partial charge < -0.3 is 10.4 Å². The third kappa shape index (κ3) is 3.82. The summed E-state index contributed by atoms with van der Waals surface area (Å²) in [6, 6.07) is 11.5. The van der Waals surface area contributed by atoms with Crippen molar-refractivity contribution in [1.82, 2.24) is 5.32 Å². The predicted molar refractivity (Wildman–Crippen MR) is 75.4 cm³/mol. The molecular formula is C16H25NO. The Hall–Kier alpha value is -0.860. The number of rotatable bonds is 7. The van der Waals surface area contributed by atoms with Crippen LogP contribution in [0.5, 0.6) is 0 Å². The topological polar surface area (TPSA) is 32.3 Å². The molecule has 0 radical (unpaired) electrons. The van der Waals surface area contributed by atoms with E-state index in [1.54, 1.807) is 0 Å². The third-order valence-electron chi connectivity index (χ3n) is 4.04. The highest BCUT2D eigenvalue weighted by Crippen LogP contribution is 2.34. The van der Waals surface area contributed by atoms with Crippen molar-refractivity contribution >= 4 is 0 Å². The number of nitrogens with one attached hydrogen (secondary N) is 1. The first-order valence-corrected chi connectivity index (χ1v) is 7.21. The maximum Gasteiger partial charge on any atom is 0.0445 e. The molecule has 2 heteroatoms. The molecule has 0 aromatic heterocycles. The van der Waals surface area contributed by atoms with Crippen LogP contribution in [0.2, 0.25) is 0 Å². The summed E-state index contributed by atoms with van der Waals surface area (Å²) >= 11 is 0. The minimum Gasteiger partial charge on any atom is -0.396 e. The normalized spacial score (nSPS) is 19.2. The number of hydrogen-bond donors (Lipinski definition) is 2. The Morgan fingerprint density at radius 3 is 2.56 bits per heavy atom. The quantitative estimate of drug-likeness (QED) is 0.775. The van der Waals surface area contributed by atoms with Crippen molar-refractivity contribution in [3.8, 4) is 0 Å². The molecule has 0 bridgehead atoms. The summed E-state index contributed by atoms with van der Waals surface area (Å²) in [5, 5.41) is 12.7. The second-order valence-corrected chi connectivity index (χ2v) is 5.58. The lowest BCUT2D eigenvalue weighted by Gasteiger charge is -2.32. The van der Waals surface area contributed by atoms with E-state index in [-0.39, 0.29) is 6.61 Å². The standard InChI is InChI=1S/C16H25NO/c1-13(10-11-18)17-16(12-14-6-5-7-14)15-8-3-2-4-9-15/h2-4,8-9,13-14,16-18H,5-7,10-12H2,1H3. The van der Waals surface area contributed by atoms with Crippen LogP contribution in [-0.4, -0.2) is 17.8 Å². The molecule has 2 nitrogen and oxygen atoms in total. The lowest BCUT2D eigenvalue weighted by atomic mass is 9.79. The smallest absolute Gasteiger partial charge is 0.0445 e. The summed E-state index contributed by atoms with van der Waals surface area (Å²) < 4.78 is 0. The van der Waals surface area contributed by atoms with Gasteiger partial charge in [-0.15, -0.1) is 0 Å². The molecule has 0 aliphatic heterocycles. The van der Waals surface area contributed by atoms with Gasteiger partial charge in [-0.1, -0.05) is 49.6 Å². The van der Waals surface area contributed by atoms with E-state index in [1.165, 1.54) is 31.2 Å². The van der Waals surface area contributed by atoms with Crippen LogP contribution in [0, 0.1) is 5.92 Å². The fourth-order valence-electron chi connectivity index (χ4n) is 2.67. The lowest BCUT2D eigenvalue weighted by Crippen LogP contribution is -2.33. The van der Waals surface area contributed by atoms with Gasteiger partial charge in [-0.05, 0) is 31.2 Å². The highest BCUT2D eigenvalue weighted by Gasteiger charge is 2.23. The zero-order chi connectivity index (χ0) is 12.8. The third-order valence-corrected chi connectivity index (χ3v) is 4.04. The van der Waals surface area contributed by atoms with Crippen LogP contribution in [0.3, 0.4) is 0 Å². The van der Waals surface area contributed by atoms with Crippen LogP contribution < -0.4 is 5.32 Å². The highest BCUT2D eigenvalue weighted by molar-refractivity contribution is 5.19. The average molecular weight is 247 g/mol. The molecule has 2 atom stereocenters. The number of aliphatic hydroxyl groups is 1. The zero-order valence-electron chi connectivity index (χ0n) is 11.3. The second-order valence-electron chi connectivity index (χ2n) is 5.58. The van der Waals surface area contributed by atoms with E-state index >= 15 is 0 Å². The first-order chi connectivity index (χ1) is 8.79. The van der Waals surface area contributed by atoms with Crippen molar-refractivity contribution in [3.63, 3.8) is 0 Å². The molecule has 1 saturated carbocycles. The van der Waals surface area contributed by atoms with Crippen LogP contribution in [-0.2, 0) is 0 Å². The zero-order valence-corrected chi connectivity index (χ0v) is 11.3. The lowest BCUT2D eigenvalue weighted by molar-refractivity contribution is 0.233. The van der Waals surface area contributed by atoms with Crippen molar-refractivity contribution in [2.75, 3.05) is 6.61 Å². The molecule has 0 spiro atoms. The van der Waals surface area contributed by atoms with Crippen LogP contribution in [0.25, 0.3) is 0 Å². The Bertz CT molecular complexity index is 334. The summed E-state index contributed by atoms with van der Waals surface area (Å²) in [5.41, 5.74) is 1.38. The van der Waals surface area contributed by atoms with E-state index in [9.17, 15) is 0 Å². The maximum atomic E-state index is 9.02. The van der Waals surface area contributed by atoms with Gasteiger partial charge in [0.1, 0.15) is 0 Å². The van der Waals surface area contributed by atoms with E-state index in [1.807, 2.05) is 0 Å². The molecule has 1 fully saturated rings. The molecule has 2 unspecified atom stereocenters. The van der Waals surface area contributed by atoms with Crippen molar-refractivity contribution in [1.29, 1.82) is 0 Å². The van der Waals surface area contributed by atoms with Gasteiger partial charge >= 0.3 is 0 Å². The van der Waals surface area contributed by atoms with Gasteiger partial charge in [-0.2, -0.15) is 0 Å². The minimum absolute atomic E-state index is 0.263. The van der Waals surface area contributed by atoms with Gasteiger partial charge in [0.25, 0.3) is 0 Å². The summed E-state index contributed by atoms with van der Waals surface area (Å²) in [5.74, 6) is 0.893. The molecule has 0 heterocycles. The van der Waals surface area contributed by atoms with E-state index < -0.39 is 0 Å². The first-order valence-electron chi connectivity index (χ1n) is 7.21. The van der Waals surface area contributed by atoms with E-state index in [4.69, 9.17) is 5.11 Å². The van der Waals surface area contributed by atoms with Gasteiger partial charge in [0.2, 0.25) is 0 Å². The van der Waals surface area contributed by atoms with Crippen molar-refractivity contribution in [2.24, 2.45) is 5.92 Å². The fraction of sp³-hybridized carbons (Fsp3) is 0.625. The number of aliphatic hydroxyl groups excluding tert-OH is 1. The van der Waals surface area contributed by atoms with E-state index in [0.29, 0.717) is 12.1 Å². The molecule has 18 heavy (non-hydrogen) atoms. The largest absolute Gasteiger partial charge is 0.396 e. The van der Waals surface area contributed by atoms with E-state index in [0.717, 1.165) is 12.3 Å². The Morgan fingerprint density at radius 2 is 2.00 bits per heavy atom. The van der Waals surface area contributed by atoms with Crippen LogP contribution >= 0.6 is 0 Å². The molecule has 2 rings (SSSR count). The van der Waals surface area contributed by atoms with Gasteiger partial charge in [-0.3, -0.25) is 0 Å². The van der Waals surface area contributed by atoms with Crippen molar-refractivity contribution in [3.05, 3.63) is 35.9 Å². The summed E-state index contributed by atoms with van der Waals surface area (Å²) in [6.07, 6.45) is 6.24. The Balaban J connectivity index is 1.97. The molecule has 0 amide bonds. The maximum absolute atomic E-state index is 9.02. The molecule has 1 aliphatic rings. The summed E-state index contributed by atoms with van der Waals surface area (Å²) in [4.78, 5) is 0. The Labute approximate surface area is 110 Å². The van der Waals surface area contributed by atoms with Crippen molar-refractivity contribution < 1.29 is 5.11 Å². The van der Waals surface area contributed by atoms with Gasteiger partial charge in [-0.25, -0.2) is 0 Å². The molecular weight excluding hydrogens is 222 g/mol. The number of benzene rings is 1. The van der Waals surface area contributed by atoms with Crippen LogP contribution in [0.15, 0.2) is 30.3 Å². The summed E-state index contributed by atoms with van der Waals surface area (Å²) in [7, 11) is 0. The Kier molecular flexibility index (Phi) is 5.21. The summed E-state index contributed by atoms with van der Waals surface area (Å²) in [6.45, 7) is 2.42. The monoisotopic (exact) mass is 247 g/mol. The van der Waals surface area contributed by atoms with Crippen LogP contribution in [0.4, 0.5) is 0 Å². The molecule has 100 valence electrons. The van der Waals surface area contributed by atoms with Gasteiger partial charge in [0, 0.05) is 18.7 Å². The van der Waals surface area contributed by atoms with Crippen LogP contribution in [0.1, 0.15) is 50.6 Å². The molecule has 1 aliphatic carbocycles. The van der Waals surface area contributed by atoms with Crippen molar-refractivity contribution in [2.45, 2.75) is 51.1 Å². The molecule has 1 aromatic rings. The average Bonchev–Trinajstić information content (AvgIpc) is 2.33. The SMILES string of the molecule is CC(CCO)NC(CC1CCC1)c1ccccc1. The van der Waals surface area contributed by atoms with Gasteiger partial charge in [0.15, 0.2) is 0 Å². The second kappa shape index (κ2) is 6.91. The molecule has 0 saturated heterocycles. The Morgan fingerprint density at radius 1 is 1.28 bits per heavy atom. The molecule has 2 N–H and O–H groups in total. The highest BCUT2D eigenvalue weighted by atomic mass is 16.3. The molecule has 1 aromatic carbocycles. The predicted octanol–water partition coefficient (Wildman–Crippen LogP) is 3.28. The van der Waals surface area contributed by atoms with Gasteiger partial charge in [0.05, 0.1) is 0 Å². The first kappa shape index (κ1) is 13.6. The van der Waals surface area contributed by atoms with E-state index in [2.05, 4.69) is 42.6 Å². The number of hydrogen-bond acceptors (Lipinski definition) is 2. The fourth-order valence-corrected chi connectivity index (χ4v) is 2.67. The minimum atomic E-state index is 0.263.